The highest BCUT2D eigenvalue weighted by Crippen LogP contribution is 2.36. The first kappa shape index (κ1) is 16.0. The summed E-state index contributed by atoms with van der Waals surface area (Å²) in [4.78, 5) is 11.2. The van der Waals surface area contributed by atoms with Crippen molar-refractivity contribution in [2.45, 2.75) is 65.5 Å². The standard InChI is InChI=1S/C18H28N2O/c1-13(19-17-9-6-10-18(3,4)12-17)15-7-5-8-16(11-15)20-14(2)21/h5,7-8,11,13,17,19H,6,9-10,12H2,1-4H3,(H,20,21). The largest absolute Gasteiger partial charge is 0.326 e. The van der Waals surface area contributed by atoms with Gasteiger partial charge in [-0.2, -0.15) is 0 Å². The average molecular weight is 288 g/mol. The first-order chi connectivity index (χ1) is 9.85. The molecule has 3 nitrogen and oxygen atoms in total. The van der Waals surface area contributed by atoms with Gasteiger partial charge in [0.15, 0.2) is 0 Å². The van der Waals surface area contributed by atoms with Crippen molar-refractivity contribution in [2.75, 3.05) is 5.32 Å². The van der Waals surface area contributed by atoms with Gasteiger partial charge < -0.3 is 10.6 Å². The zero-order valence-corrected chi connectivity index (χ0v) is 13.7. The van der Waals surface area contributed by atoms with E-state index >= 15 is 0 Å². The van der Waals surface area contributed by atoms with Gasteiger partial charge in [0.2, 0.25) is 5.91 Å². The van der Waals surface area contributed by atoms with Gasteiger partial charge >= 0.3 is 0 Å². The van der Waals surface area contributed by atoms with Crippen LogP contribution in [0.2, 0.25) is 0 Å². The number of carbonyl (C=O) groups excluding carboxylic acids is 1. The molecule has 1 aromatic carbocycles. The second-order valence-electron chi connectivity index (χ2n) is 7.15. The Balaban J connectivity index is 1.99. The Hall–Kier alpha value is -1.35. The molecule has 1 aromatic rings. The lowest BCUT2D eigenvalue weighted by atomic mass is 9.75. The van der Waals surface area contributed by atoms with Crippen LogP contribution in [0.1, 0.15) is 65.0 Å². The highest BCUT2D eigenvalue weighted by molar-refractivity contribution is 5.88. The molecule has 0 heterocycles. The second kappa shape index (κ2) is 6.61. The lowest BCUT2D eigenvalue weighted by Gasteiger charge is -2.37. The van der Waals surface area contributed by atoms with Gasteiger partial charge in [-0.25, -0.2) is 0 Å². The molecule has 0 aliphatic heterocycles. The van der Waals surface area contributed by atoms with Crippen LogP contribution >= 0.6 is 0 Å². The van der Waals surface area contributed by atoms with Gasteiger partial charge in [-0.1, -0.05) is 32.4 Å². The van der Waals surface area contributed by atoms with Gasteiger partial charge in [0.25, 0.3) is 0 Å². The normalized spacial score (nSPS) is 22.6. The van der Waals surface area contributed by atoms with E-state index < -0.39 is 0 Å². The molecule has 1 amide bonds. The summed E-state index contributed by atoms with van der Waals surface area (Å²) in [7, 11) is 0. The summed E-state index contributed by atoms with van der Waals surface area (Å²) >= 11 is 0. The molecule has 1 fully saturated rings. The average Bonchev–Trinajstić information content (AvgIpc) is 2.37. The number of nitrogens with one attached hydrogen (secondary N) is 2. The first-order valence-electron chi connectivity index (χ1n) is 7.99. The predicted molar refractivity (Wildman–Crippen MR) is 88.3 cm³/mol. The van der Waals surface area contributed by atoms with Crippen molar-refractivity contribution in [3.8, 4) is 0 Å². The molecule has 1 saturated carbocycles. The molecule has 0 aromatic heterocycles. The third-order valence-corrected chi connectivity index (χ3v) is 4.40. The molecule has 2 N–H and O–H groups in total. The molecule has 0 spiro atoms. The van der Waals surface area contributed by atoms with Crippen LogP contribution in [0.25, 0.3) is 0 Å². The van der Waals surface area contributed by atoms with Gasteiger partial charge in [-0.15, -0.1) is 0 Å². The molecule has 1 aliphatic rings. The fraction of sp³-hybridized carbons (Fsp3) is 0.611. The smallest absolute Gasteiger partial charge is 0.221 e. The van der Waals surface area contributed by atoms with Crippen molar-refractivity contribution in [3.63, 3.8) is 0 Å². The first-order valence-corrected chi connectivity index (χ1v) is 7.99. The van der Waals surface area contributed by atoms with E-state index in [1.165, 1.54) is 31.2 Å². The summed E-state index contributed by atoms with van der Waals surface area (Å²) in [5.74, 6) is -0.0261. The summed E-state index contributed by atoms with van der Waals surface area (Å²) in [6, 6.07) is 9.01. The van der Waals surface area contributed by atoms with Crippen LogP contribution in [-0.2, 0) is 4.79 Å². The third-order valence-electron chi connectivity index (χ3n) is 4.40. The van der Waals surface area contributed by atoms with E-state index in [4.69, 9.17) is 0 Å². The Morgan fingerprint density at radius 2 is 2.14 bits per heavy atom. The summed E-state index contributed by atoms with van der Waals surface area (Å²) in [5, 5.41) is 6.61. The maximum atomic E-state index is 11.2. The molecule has 0 saturated heterocycles. The topological polar surface area (TPSA) is 41.1 Å². The van der Waals surface area contributed by atoms with Crippen LogP contribution in [0.3, 0.4) is 0 Å². The van der Waals surface area contributed by atoms with Crippen molar-refractivity contribution in [1.82, 2.24) is 5.32 Å². The summed E-state index contributed by atoms with van der Waals surface area (Å²) in [6.45, 7) is 8.47. The molecule has 116 valence electrons. The van der Waals surface area contributed by atoms with Crippen molar-refractivity contribution >= 4 is 11.6 Å². The van der Waals surface area contributed by atoms with E-state index in [-0.39, 0.29) is 5.91 Å². The molecular weight excluding hydrogens is 260 g/mol. The molecule has 2 rings (SSSR count). The SMILES string of the molecule is CC(=O)Nc1cccc(C(C)NC2CCCC(C)(C)C2)c1. The van der Waals surface area contributed by atoms with Crippen LogP contribution in [0.4, 0.5) is 5.69 Å². The van der Waals surface area contributed by atoms with Gasteiger partial charge in [0, 0.05) is 24.7 Å². The quantitative estimate of drug-likeness (QED) is 0.869. The van der Waals surface area contributed by atoms with E-state index in [2.05, 4.69) is 43.5 Å². The summed E-state index contributed by atoms with van der Waals surface area (Å²) in [6.07, 6.45) is 5.14. The highest BCUT2D eigenvalue weighted by Gasteiger charge is 2.28. The van der Waals surface area contributed by atoms with Gasteiger partial charge in [0.1, 0.15) is 0 Å². The second-order valence-corrected chi connectivity index (χ2v) is 7.15. The Morgan fingerprint density at radius 3 is 2.81 bits per heavy atom. The van der Waals surface area contributed by atoms with Crippen LogP contribution in [0.5, 0.6) is 0 Å². The van der Waals surface area contributed by atoms with E-state index in [1.54, 1.807) is 6.92 Å². The predicted octanol–water partition coefficient (Wildman–Crippen LogP) is 4.26. The van der Waals surface area contributed by atoms with Crippen LogP contribution < -0.4 is 10.6 Å². The lowest BCUT2D eigenvalue weighted by molar-refractivity contribution is -0.114. The Morgan fingerprint density at radius 1 is 1.38 bits per heavy atom. The molecule has 0 bridgehead atoms. The highest BCUT2D eigenvalue weighted by atomic mass is 16.1. The fourth-order valence-corrected chi connectivity index (χ4v) is 3.38. The van der Waals surface area contributed by atoms with Crippen molar-refractivity contribution < 1.29 is 4.79 Å². The minimum absolute atomic E-state index is 0.0261. The molecule has 3 heteroatoms. The Bertz CT molecular complexity index is 496. The Kier molecular flexibility index (Phi) is 5.04. The van der Waals surface area contributed by atoms with Gasteiger partial charge in [0.05, 0.1) is 0 Å². The number of amides is 1. The summed E-state index contributed by atoms with van der Waals surface area (Å²) in [5.41, 5.74) is 2.55. The van der Waals surface area contributed by atoms with Gasteiger partial charge in [-0.05, 0) is 49.3 Å². The molecular formula is C18H28N2O. The van der Waals surface area contributed by atoms with Crippen LogP contribution in [0, 0.1) is 5.41 Å². The van der Waals surface area contributed by atoms with Crippen molar-refractivity contribution in [1.29, 1.82) is 0 Å². The fourth-order valence-electron chi connectivity index (χ4n) is 3.38. The molecule has 1 aliphatic carbocycles. The van der Waals surface area contributed by atoms with Crippen molar-refractivity contribution in [3.05, 3.63) is 29.8 Å². The van der Waals surface area contributed by atoms with E-state index in [9.17, 15) is 4.79 Å². The van der Waals surface area contributed by atoms with Crippen LogP contribution in [-0.4, -0.2) is 11.9 Å². The van der Waals surface area contributed by atoms with Gasteiger partial charge in [-0.3, -0.25) is 4.79 Å². The number of hydrogen-bond acceptors (Lipinski definition) is 2. The molecule has 2 unspecified atom stereocenters. The maximum Gasteiger partial charge on any atom is 0.221 e. The zero-order chi connectivity index (χ0) is 15.5. The number of hydrogen-bond donors (Lipinski definition) is 2. The number of rotatable bonds is 4. The molecule has 2 atom stereocenters. The monoisotopic (exact) mass is 288 g/mol. The number of benzene rings is 1. The van der Waals surface area contributed by atoms with E-state index in [0.29, 0.717) is 17.5 Å². The van der Waals surface area contributed by atoms with Crippen LogP contribution in [0.15, 0.2) is 24.3 Å². The lowest BCUT2D eigenvalue weighted by Crippen LogP contribution is -2.38. The van der Waals surface area contributed by atoms with E-state index in [0.717, 1.165) is 5.69 Å². The zero-order valence-electron chi connectivity index (χ0n) is 13.7. The molecule has 0 radical (unpaired) electrons. The van der Waals surface area contributed by atoms with E-state index in [1.807, 2.05) is 12.1 Å². The maximum absolute atomic E-state index is 11.2. The minimum atomic E-state index is -0.0261. The number of anilines is 1. The minimum Gasteiger partial charge on any atom is -0.326 e. The third kappa shape index (κ3) is 4.85. The molecule has 21 heavy (non-hydrogen) atoms. The van der Waals surface area contributed by atoms with Crippen molar-refractivity contribution in [2.24, 2.45) is 5.41 Å². The Labute approximate surface area is 128 Å². The summed E-state index contributed by atoms with van der Waals surface area (Å²) < 4.78 is 0. The number of carbonyl (C=O) groups is 1.